The van der Waals surface area contributed by atoms with Crippen LogP contribution in [0.5, 0.6) is 0 Å². The van der Waals surface area contributed by atoms with Crippen LogP contribution in [0.4, 0.5) is 11.6 Å². The van der Waals surface area contributed by atoms with Crippen LogP contribution in [0.15, 0.2) is 30.5 Å². The number of halogens is 1. The van der Waals surface area contributed by atoms with E-state index in [4.69, 9.17) is 16.3 Å². The molecule has 0 aliphatic carbocycles. The zero-order chi connectivity index (χ0) is 17.5. The summed E-state index contributed by atoms with van der Waals surface area (Å²) in [6.07, 6.45) is 2.12. The van der Waals surface area contributed by atoms with Gasteiger partial charge >= 0.3 is 5.97 Å². The van der Waals surface area contributed by atoms with Gasteiger partial charge in [-0.3, -0.25) is 0 Å². The molecule has 0 amide bonds. The summed E-state index contributed by atoms with van der Waals surface area (Å²) < 4.78 is 5.08. The first-order valence-electron chi connectivity index (χ1n) is 7.70. The molecule has 0 fully saturated rings. The Hall–Kier alpha value is -2.18. The molecule has 0 saturated heterocycles. The molecular weight excluding hydrogens is 328 g/mol. The van der Waals surface area contributed by atoms with Gasteiger partial charge in [-0.05, 0) is 39.2 Å². The summed E-state index contributed by atoms with van der Waals surface area (Å²) in [6, 6.07) is 7.28. The van der Waals surface area contributed by atoms with Crippen LogP contribution in [0.1, 0.15) is 23.0 Å². The third-order valence-electron chi connectivity index (χ3n) is 3.24. The molecule has 0 saturated carbocycles. The number of carbonyl (C=O) groups excluding carboxylic acids is 1. The number of hydrogen-bond acceptors (Lipinski definition) is 6. The van der Waals surface area contributed by atoms with Gasteiger partial charge in [-0.25, -0.2) is 14.8 Å². The molecule has 1 N–H and O–H groups in total. The first kappa shape index (κ1) is 18.2. The molecule has 2 rings (SSSR count). The number of hydrogen-bond donors (Lipinski definition) is 1. The van der Waals surface area contributed by atoms with Crippen molar-refractivity contribution in [3.63, 3.8) is 0 Å². The molecule has 128 valence electrons. The van der Waals surface area contributed by atoms with Crippen molar-refractivity contribution < 1.29 is 9.53 Å². The molecule has 0 spiro atoms. The van der Waals surface area contributed by atoms with Crippen molar-refractivity contribution in [1.82, 2.24) is 14.9 Å². The highest BCUT2D eigenvalue weighted by molar-refractivity contribution is 6.30. The fraction of sp³-hybridized carbons (Fsp3) is 0.353. The monoisotopic (exact) mass is 348 g/mol. The maximum Gasteiger partial charge on any atom is 0.341 e. The van der Waals surface area contributed by atoms with Crippen LogP contribution in [-0.2, 0) is 11.2 Å². The Bertz CT molecular complexity index is 707. The minimum Gasteiger partial charge on any atom is -0.462 e. The van der Waals surface area contributed by atoms with E-state index in [0.29, 0.717) is 35.3 Å². The largest absolute Gasteiger partial charge is 0.462 e. The molecule has 0 unspecified atom stereocenters. The minimum absolute atomic E-state index is 0.314. The van der Waals surface area contributed by atoms with E-state index in [9.17, 15) is 4.79 Å². The lowest BCUT2D eigenvalue weighted by Crippen LogP contribution is -2.19. The SMILES string of the molecule is CCOC(=O)c1cnc(Nc2cccc(Cl)c2)nc1CCN(C)C. The summed E-state index contributed by atoms with van der Waals surface area (Å²) in [5.74, 6) is 0.0135. The summed E-state index contributed by atoms with van der Waals surface area (Å²) in [7, 11) is 3.94. The molecule has 7 heteroatoms. The van der Waals surface area contributed by atoms with Gasteiger partial charge in [-0.15, -0.1) is 0 Å². The van der Waals surface area contributed by atoms with Gasteiger partial charge in [0.25, 0.3) is 0 Å². The summed E-state index contributed by atoms with van der Waals surface area (Å²) in [5.41, 5.74) is 1.84. The van der Waals surface area contributed by atoms with E-state index in [1.165, 1.54) is 6.20 Å². The number of anilines is 2. The Balaban J connectivity index is 2.26. The second kappa shape index (κ2) is 8.61. The van der Waals surface area contributed by atoms with Crippen LogP contribution in [0.25, 0.3) is 0 Å². The summed E-state index contributed by atoms with van der Waals surface area (Å²) in [5, 5.41) is 3.72. The molecule has 0 aliphatic heterocycles. The van der Waals surface area contributed by atoms with E-state index >= 15 is 0 Å². The number of carbonyl (C=O) groups is 1. The van der Waals surface area contributed by atoms with Crippen molar-refractivity contribution in [3.05, 3.63) is 46.7 Å². The standard InChI is InChI=1S/C17H21ClN4O2/c1-4-24-16(23)14-11-19-17(21-15(14)8-9-22(2)3)20-13-7-5-6-12(18)10-13/h5-7,10-11H,4,8-9H2,1-3H3,(H,19,20,21). The Morgan fingerprint density at radius 3 is 2.83 bits per heavy atom. The van der Waals surface area contributed by atoms with Gasteiger partial charge < -0.3 is 15.0 Å². The first-order chi connectivity index (χ1) is 11.5. The summed E-state index contributed by atoms with van der Waals surface area (Å²) in [4.78, 5) is 22.8. The molecule has 1 aromatic carbocycles. The average molecular weight is 349 g/mol. The highest BCUT2D eigenvalue weighted by atomic mass is 35.5. The molecule has 0 radical (unpaired) electrons. The number of nitrogens with zero attached hydrogens (tertiary/aromatic N) is 3. The second-order valence-electron chi connectivity index (χ2n) is 5.46. The van der Waals surface area contributed by atoms with Crippen molar-refractivity contribution in [2.45, 2.75) is 13.3 Å². The van der Waals surface area contributed by atoms with Crippen LogP contribution in [-0.4, -0.2) is 48.1 Å². The third kappa shape index (κ3) is 5.18. The predicted octanol–water partition coefficient (Wildman–Crippen LogP) is 3.15. The summed E-state index contributed by atoms with van der Waals surface area (Å²) in [6.45, 7) is 2.85. The molecule has 6 nitrogen and oxygen atoms in total. The lowest BCUT2D eigenvalue weighted by molar-refractivity contribution is 0.0524. The molecule has 24 heavy (non-hydrogen) atoms. The van der Waals surface area contributed by atoms with Crippen molar-refractivity contribution in [3.8, 4) is 0 Å². The fourth-order valence-corrected chi connectivity index (χ4v) is 2.26. The Morgan fingerprint density at radius 2 is 2.17 bits per heavy atom. The first-order valence-corrected chi connectivity index (χ1v) is 8.07. The van der Waals surface area contributed by atoms with Crippen molar-refractivity contribution in [1.29, 1.82) is 0 Å². The van der Waals surface area contributed by atoms with Gasteiger partial charge in [0.2, 0.25) is 5.95 Å². The molecular formula is C17H21ClN4O2. The number of likely N-dealkylation sites (N-methyl/N-ethyl adjacent to an activating group) is 1. The van der Waals surface area contributed by atoms with E-state index in [0.717, 1.165) is 12.2 Å². The smallest absolute Gasteiger partial charge is 0.341 e. The van der Waals surface area contributed by atoms with Crippen molar-refractivity contribution in [2.75, 3.05) is 32.6 Å². The number of benzene rings is 1. The lowest BCUT2D eigenvalue weighted by Gasteiger charge is -2.13. The third-order valence-corrected chi connectivity index (χ3v) is 3.47. The van der Waals surface area contributed by atoms with E-state index < -0.39 is 5.97 Å². The Labute approximate surface area is 146 Å². The van der Waals surface area contributed by atoms with E-state index in [-0.39, 0.29) is 0 Å². The molecule has 1 heterocycles. The molecule has 0 bridgehead atoms. The number of ether oxygens (including phenoxy) is 1. The number of esters is 1. The van der Waals surface area contributed by atoms with Crippen LogP contribution >= 0.6 is 11.6 Å². The number of rotatable bonds is 7. The van der Waals surface area contributed by atoms with Crippen molar-refractivity contribution >= 4 is 29.2 Å². The number of aromatic nitrogens is 2. The maximum atomic E-state index is 12.1. The van der Waals surface area contributed by atoms with Crippen LogP contribution in [0.3, 0.4) is 0 Å². The molecule has 0 atom stereocenters. The normalized spacial score (nSPS) is 10.7. The average Bonchev–Trinajstić information content (AvgIpc) is 2.53. The Morgan fingerprint density at radius 1 is 1.38 bits per heavy atom. The number of nitrogens with one attached hydrogen (secondary N) is 1. The van der Waals surface area contributed by atoms with Gasteiger partial charge in [0, 0.05) is 29.9 Å². The van der Waals surface area contributed by atoms with E-state index in [1.54, 1.807) is 19.1 Å². The van der Waals surface area contributed by atoms with Crippen LogP contribution in [0.2, 0.25) is 5.02 Å². The zero-order valence-electron chi connectivity index (χ0n) is 14.0. The van der Waals surface area contributed by atoms with E-state index in [2.05, 4.69) is 15.3 Å². The topological polar surface area (TPSA) is 67.3 Å². The highest BCUT2D eigenvalue weighted by Crippen LogP contribution is 2.19. The highest BCUT2D eigenvalue weighted by Gasteiger charge is 2.16. The zero-order valence-corrected chi connectivity index (χ0v) is 14.8. The lowest BCUT2D eigenvalue weighted by atomic mass is 10.1. The molecule has 0 aliphatic rings. The second-order valence-corrected chi connectivity index (χ2v) is 5.90. The predicted molar refractivity (Wildman–Crippen MR) is 95.0 cm³/mol. The maximum absolute atomic E-state index is 12.1. The minimum atomic E-state index is -0.402. The van der Waals surface area contributed by atoms with E-state index in [1.807, 2.05) is 31.1 Å². The van der Waals surface area contributed by atoms with Gasteiger partial charge in [-0.2, -0.15) is 0 Å². The molecule has 2 aromatic rings. The van der Waals surface area contributed by atoms with Crippen molar-refractivity contribution in [2.24, 2.45) is 0 Å². The quantitative estimate of drug-likeness (QED) is 0.775. The fourth-order valence-electron chi connectivity index (χ4n) is 2.07. The van der Waals surface area contributed by atoms with Gasteiger partial charge in [0.1, 0.15) is 0 Å². The van der Waals surface area contributed by atoms with Gasteiger partial charge in [0.05, 0.1) is 17.9 Å². The van der Waals surface area contributed by atoms with Crippen LogP contribution < -0.4 is 5.32 Å². The van der Waals surface area contributed by atoms with Gasteiger partial charge in [-0.1, -0.05) is 17.7 Å². The molecule has 1 aromatic heterocycles. The van der Waals surface area contributed by atoms with Crippen LogP contribution in [0, 0.1) is 0 Å². The Kier molecular flexibility index (Phi) is 6.52. The van der Waals surface area contributed by atoms with Gasteiger partial charge in [0.15, 0.2) is 0 Å². The summed E-state index contributed by atoms with van der Waals surface area (Å²) >= 11 is 5.98.